The lowest BCUT2D eigenvalue weighted by molar-refractivity contribution is -0.133. The molecule has 2 rings (SSSR count). The lowest BCUT2D eigenvalue weighted by Gasteiger charge is -2.22. The molecule has 2 amide bonds. The average molecular weight is 358 g/mol. The van der Waals surface area contributed by atoms with Crippen LogP contribution in [0.4, 0.5) is 0 Å². The summed E-state index contributed by atoms with van der Waals surface area (Å²) >= 11 is 0. The third kappa shape index (κ3) is 5.97. The summed E-state index contributed by atoms with van der Waals surface area (Å²) in [6, 6.07) is 7.45. The van der Waals surface area contributed by atoms with Crippen molar-refractivity contribution >= 4 is 17.6 Å². The number of carbonyl (C=O) groups is 3. The van der Waals surface area contributed by atoms with Crippen LogP contribution in [-0.2, 0) is 9.59 Å². The molecule has 5 nitrogen and oxygen atoms in total. The zero-order valence-corrected chi connectivity index (χ0v) is 16.0. The van der Waals surface area contributed by atoms with Gasteiger partial charge >= 0.3 is 0 Å². The quantitative estimate of drug-likeness (QED) is 0.703. The molecular weight excluding hydrogens is 328 g/mol. The molecule has 0 unspecified atom stereocenters. The summed E-state index contributed by atoms with van der Waals surface area (Å²) in [6.45, 7) is 6.60. The molecule has 1 saturated heterocycles. The first-order valence-corrected chi connectivity index (χ1v) is 9.66. The van der Waals surface area contributed by atoms with E-state index in [0.717, 1.165) is 24.8 Å². The Morgan fingerprint density at radius 2 is 1.42 bits per heavy atom. The van der Waals surface area contributed by atoms with E-state index >= 15 is 0 Å². The molecule has 5 heteroatoms. The molecule has 1 aromatic rings. The van der Waals surface area contributed by atoms with Crippen LogP contribution in [-0.4, -0.2) is 53.6 Å². The Labute approximate surface area is 156 Å². The molecule has 0 aromatic heterocycles. The monoisotopic (exact) mass is 358 g/mol. The van der Waals surface area contributed by atoms with Crippen molar-refractivity contribution in [3.8, 4) is 0 Å². The molecule has 142 valence electrons. The largest absolute Gasteiger partial charge is 0.341 e. The number of aryl methyl sites for hydroxylation is 1. The second kappa shape index (κ2) is 10.1. The van der Waals surface area contributed by atoms with Gasteiger partial charge in [0.2, 0.25) is 11.8 Å². The number of rotatable bonds is 7. The van der Waals surface area contributed by atoms with Crippen molar-refractivity contribution in [2.75, 3.05) is 26.2 Å². The van der Waals surface area contributed by atoms with E-state index < -0.39 is 0 Å². The van der Waals surface area contributed by atoms with Gasteiger partial charge in [0.05, 0.1) is 0 Å². The maximum absolute atomic E-state index is 12.5. The van der Waals surface area contributed by atoms with Crippen molar-refractivity contribution in [3.63, 3.8) is 0 Å². The van der Waals surface area contributed by atoms with Crippen LogP contribution in [0.3, 0.4) is 0 Å². The fraction of sp³-hybridized carbons (Fsp3) is 0.571. The molecule has 1 fully saturated rings. The van der Waals surface area contributed by atoms with E-state index in [0.29, 0.717) is 38.2 Å². The van der Waals surface area contributed by atoms with E-state index in [4.69, 9.17) is 0 Å². The Morgan fingerprint density at radius 3 is 2.00 bits per heavy atom. The molecule has 0 bridgehead atoms. The van der Waals surface area contributed by atoms with Gasteiger partial charge in [-0.2, -0.15) is 0 Å². The van der Waals surface area contributed by atoms with Crippen LogP contribution in [0.1, 0.15) is 61.4 Å². The molecule has 0 saturated carbocycles. The van der Waals surface area contributed by atoms with Gasteiger partial charge in [-0.3, -0.25) is 14.4 Å². The Bertz CT molecular complexity index is 625. The summed E-state index contributed by atoms with van der Waals surface area (Å²) in [5.74, 6) is 0.202. The highest BCUT2D eigenvalue weighted by atomic mass is 16.2. The number of nitrogens with zero attached hydrogens (tertiary/aromatic N) is 2. The molecular formula is C21H30N2O3. The molecule has 0 atom stereocenters. The van der Waals surface area contributed by atoms with E-state index in [-0.39, 0.29) is 30.4 Å². The standard InChI is InChI=1S/C21H30N2O3/c1-3-4-6-20(25)22-13-5-14-23(16-15-22)21(26)12-11-19(24)18-9-7-17(2)8-10-18/h7-10H,3-6,11-16H2,1-2H3. The van der Waals surface area contributed by atoms with Crippen molar-refractivity contribution in [3.05, 3.63) is 35.4 Å². The first-order chi connectivity index (χ1) is 12.5. The molecule has 1 aliphatic heterocycles. The van der Waals surface area contributed by atoms with Gasteiger partial charge in [0.25, 0.3) is 0 Å². The van der Waals surface area contributed by atoms with Crippen LogP contribution in [0.25, 0.3) is 0 Å². The Balaban J connectivity index is 1.79. The third-order valence-electron chi connectivity index (χ3n) is 4.88. The highest BCUT2D eigenvalue weighted by molar-refractivity contribution is 5.98. The summed E-state index contributed by atoms with van der Waals surface area (Å²) in [4.78, 5) is 40.5. The van der Waals surface area contributed by atoms with E-state index in [1.807, 2.05) is 36.1 Å². The summed E-state index contributed by atoms with van der Waals surface area (Å²) in [6.07, 6.45) is 3.79. The number of carbonyl (C=O) groups excluding carboxylic acids is 3. The number of benzene rings is 1. The van der Waals surface area contributed by atoms with Crippen molar-refractivity contribution in [1.29, 1.82) is 0 Å². The van der Waals surface area contributed by atoms with Gasteiger partial charge in [-0.15, -0.1) is 0 Å². The Hall–Kier alpha value is -2.17. The summed E-state index contributed by atoms with van der Waals surface area (Å²) in [5.41, 5.74) is 1.77. The van der Waals surface area contributed by atoms with Gasteiger partial charge < -0.3 is 9.80 Å². The van der Waals surface area contributed by atoms with Gasteiger partial charge in [-0.25, -0.2) is 0 Å². The summed E-state index contributed by atoms with van der Waals surface area (Å²) in [5, 5.41) is 0. The molecule has 0 aliphatic carbocycles. The SMILES string of the molecule is CCCCC(=O)N1CCCN(C(=O)CCC(=O)c2ccc(C)cc2)CC1. The second-order valence-corrected chi connectivity index (χ2v) is 7.01. The minimum absolute atomic E-state index is 0.00421. The number of hydrogen-bond donors (Lipinski definition) is 0. The fourth-order valence-electron chi connectivity index (χ4n) is 3.16. The molecule has 1 heterocycles. The molecule has 0 radical (unpaired) electrons. The number of unbranched alkanes of at least 4 members (excludes halogenated alkanes) is 1. The highest BCUT2D eigenvalue weighted by Gasteiger charge is 2.22. The summed E-state index contributed by atoms with van der Waals surface area (Å²) < 4.78 is 0. The molecule has 26 heavy (non-hydrogen) atoms. The third-order valence-corrected chi connectivity index (χ3v) is 4.88. The van der Waals surface area contributed by atoms with Crippen LogP contribution in [0, 0.1) is 6.92 Å². The van der Waals surface area contributed by atoms with Crippen LogP contribution >= 0.6 is 0 Å². The van der Waals surface area contributed by atoms with Gasteiger partial charge in [0, 0.05) is 51.0 Å². The van der Waals surface area contributed by atoms with Crippen molar-refractivity contribution in [2.45, 2.75) is 52.4 Å². The van der Waals surface area contributed by atoms with Crippen molar-refractivity contribution in [1.82, 2.24) is 9.80 Å². The van der Waals surface area contributed by atoms with Crippen LogP contribution < -0.4 is 0 Å². The number of hydrogen-bond acceptors (Lipinski definition) is 3. The topological polar surface area (TPSA) is 57.7 Å². The first-order valence-electron chi connectivity index (χ1n) is 9.66. The second-order valence-electron chi connectivity index (χ2n) is 7.01. The highest BCUT2D eigenvalue weighted by Crippen LogP contribution is 2.11. The molecule has 0 N–H and O–H groups in total. The zero-order valence-electron chi connectivity index (χ0n) is 16.0. The smallest absolute Gasteiger partial charge is 0.223 e. The van der Waals surface area contributed by atoms with E-state index in [2.05, 4.69) is 6.92 Å². The average Bonchev–Trinajstić information content (AvgIpc) is 2.90. The zero-order chi connectivity index (χ0) is 18.9. The Kier molecular flexibility index (Phi) is 7.82. The maximum atomic E-state index is 12.5. The molecule has 0 spiro atoms. The molecule has 1 aliphatic rings. The Morgan fingerprint density at radius 1 is 0.846 bits per heavy atom. The lowest BCUT2D eigenvalue weighted by atomic mass is 10.0. The first kappa shape index (κ1) is 20.1. The minimum atomic E-state index is 0.00421. The van der Waals surface area contributed by atoms with Gasteiger partial charge in [0.15, 0.2) is 5.78 Å². The van der Waals surface area contributed by atoms with Gasteiger partial charge in [0.1, 0.15) is 0 Å². The number of ketones is 1. The van der Waals surface area contributed by atoms with E-state index in [9.17, 15) is 14.4 Å². The van der Waals surface area contributed by atoms with Crippen molar-refractivity contribution < 1.29 is 14.4 Å². The van der Waals surface area contributed by atoms with Crippen LogP contribution in [0.2, 0.25) is 0 Å². The van der Waals surface area contributed by atoms with E-state index in [1.54, 1.807) is 4.90 Å². The minimum Gasteiger partial charge on any atom is -0.341 e. The predicted octanol–water partition coefficient (Wildman–Crippen LogP) is 3.21. The maximum Gasteiger partial charge on any atom is 0.223 e. The van der Waals surface area contributed by atoms with E-state index in [1.165, 1.54) is 0 Å². The number of Topliss-reactive ketones (excluding diaryl/α,β-unsaturated/α-hetero) is 1. The molecule has 1 aromatic carbocycles. The number of amides is 2. The lowest BCUT2D eigenvalue weighted by Crippen LogP contribution is -2.37. The predicted molar refractivity (Wildman–Crippen MR) is 102 cm³/mol. The van der Waals surface area contributed by atoms with Crippen molar-refractivity contribution in [2.24, 2.45) is 0 Å². The van der Waals surface area contributed by atoms with Gasteiger partial charge in [-0.1, -0.05) is 43.2 Å². The van der Waals surface area contributed by atoms with Crippen LogP contribution in [0.15, 0.2) is 24.3 Å². The fourth-order valence-corrected chi connectivity index (χ4v) is 3.16. The summed E-state index contributed by atoms with van der Waals surface area (Å²) in [7, 11) is 0. The van der Waals surface area contributed by atoms with Gasteiger partial charge in [-0.05, 0) is 19.8 Å². The van der Waals surface area contributed by atoms with Crippen LogP contribution in [0.5, 0.6) is 0 Å². The normalized spacial score (nSPS) is 14.8.